The molecule has 0 spiro atoms. The molecule has 4 heteroatoms. The minimum absolute atomic E-state index is 0.0915. The molecular weight excluding hydrogens is 240 g/mol. The van der Waals surface area contributed by atoms with Gasteiger partial charge in [-0.25, -0.2) is 0 Å². The number of nitrogens with zero attached hydrogens (tertiary/aromatic N) is 2. The van der Waals surface area contributed by atoms with E-state index in [1.54, 1.807) is 0 Å². The van der Waals surface area contributed by atoms with Gasteiger partial charge in [0.15, 0.2) is 5.69 Å². The van der Waals surface area contributed by atoms with Crippen LogP contribution in [0.4, 0.5) is 0 Å². The molecule has 0 aromatic carbocycles. The second-order valence-corrected chi connectivity index (χ2v) is 5.70. The quantitative estimate of drug-likeness (QED) is 0.731. The molecule has 19 heavy (non-hydrogen) atoms. The smallest absolute Gasteiger partial charge is 0.276 e. The molecule has 1 aliphatic heterocycles. The number of carbonyl (C=O) groups is 1. The lowest BCUT2D eigenvalue weighted by molar-refractivity contribution is 0.0750. The normalized spacial score (nSPS) is 20.5. The first kappa shape index (κ1) is 12.7. The Bertz CT molecular complexity index is 445. The largest absolute Gasteiger partial charge is 0.360 e. The van der Waals surface area contributed by atoms with Crippen molar-refractivity contribution in [1.82, 2.24) is 10.1 Å². The molecule has 2 heterocycles. The van der Waals surface area contributed by atoms with E-state index >= 15 is 0 Å². The lowest BCUT2D eigenvalue weighted by atomic mass is 10.1. The Balaban J connectivity index is 1.81. The summed E-state index contributed by atoms with van der Waals surface area (Å²) in [5, 5.41) is 4.08. The Morgan fingerprint density at radius 2 is 1.63 bits per heavy atom. The van der Waals surface area contributed by atoms with E-state index in [4.69, 9.17) is 4.52 Å². The first-order valence-corrected chi connectivity index (χ1v) is 7.63. The van der Waals surface area contributed by atoms with E-state index in [-0.39, 0.29) is 5.91 Å². The molecule has 1 fully saturated rings. The first-order chi connectivity index (χ1) is 9.36. The molecule has 1 saturated heterocycles. The van der Waals surface area contributed by atoms with Crippen LogP contribution >= 0.6 is 0 Å². The monoisotopic (exact) mass is 262 g/mol. The van der Waals surface area contributed by atoms with Gasteiger partial charge in [0, 0.05) is 25.1 Å². The highest BCUT2D eigenvalue weighted by atomic mass is 16.5. The molecule has 0 unspecified atom stereocenters. The Hall–Kier alpha value is -1.32. The van der Waals surface area contributed by atoms with Crippen molar-refractivity contribution in [2.75, 3.05) is 13.1 Å². The predicted molar refractivity (Wildman–Crippen MR) is 72.1 cm³/mol. The maximum atomic E-state index is 12.6. The maximum Gasteiger partial charge on any atom is 0.276 e. The van der Waals surface area contributed by atoms with Crippen molar-refractivity contribution in [3.63, 3.8) is 0 Å². The van der Waals surface area contributed by atoms with Gasteiger partial charge in [-0.1, -0.05) is 24.4 Å². The summed E-state index contributed by atoms with van der Waals surface area (Å²) in [6.45, 7) is 1.75. The van der Waals surface area contributed by atoms with Gasteiger partial charge in [0.05, 0.1) is 0 Å². The SMILES string of the molecule is O=C(c1noc2c1CCCCC2)N1CCCCCC1. The van der Waals surface area contributed by atoms with Crippen molar-refractivity contribution in [2.45, 2.75) is 57.8 Å². The lowest BCUT2D eigenvalue weighted by Crippen LogP contribution is -2.32. The van der Waals surface area contributed by atoms with Crippen LogP contribution in [0.5, 0.6) is 0 Å². The van der Waals surface area contributed by atoms with Crippen LogP contribution in [0.1, 0.15) is 66.8 Å². The number of hydrogen-bond donors (Lipinski definition) is 0. The number of likely N-dealkylation sites (tertiary alicyclic amines) is 1. The summed E-state index contributed by atoms with van der Waals surface area (Å²) < 4.78 is 5.41. The van der Waals surface area contributed by atoms with Gasteiger partial charge in [0.1, 0.15) is 5.76 Å². The first-order valence-electron chi connectivity index (χ1n) is 7.63. The summed E-state index contributed by atoms with van der Waals surface area (Å²) in [7, 11) is 0. The van der Waals surface area contributed by atoms with Crippen LogP contribution in [0.15, 0.2) is 4.52 Å². The number of rotatable bonds is 1. The minimum Gasteiger partial charge on any atom is -0.360 e. The Kier molecular flexibility index (Phi) is 3.85. The summed E-state index contributed by atoms with van der Waals surface area (Å²) in [5.41, 5.74) is 1.69. The zero-order chi connectivity index (χ0) is 13.1. The summed E-state index contributed by atoms with van der Waals surface area (Å²) >= 11 is 0. The molecule has 0 radical (unpaired) electrons. The molecule has 1 aliphatic carbocycles. The van der Waals surface area contributed by atoms with Crippen LogP contribution in [-0.2, 0) is 12.8 Å². The molecule has 1 aromatic rings. The maximum absolute atomic E-state index is 12.6. The number of carbonyl (C=O) groups excluding carboxylic acids is 1. The van der Waals surface area contributed by atoms with Gasteiger partial charge in [-0.2, -0.15) is 0 Å². The fourth-order valence-electron chi connectivity index (χ4n) is 3.15. The zero-order valence-electron chi connectivity index (χ0n) is 11.5. The molecule has 0 saturated carbocycles. The van der Waals surface area contributed by atoms with Gasteiger partial charge in [-0.3, -0.25) is 4.79 Å². The number of aromatic nitrogens is 1. The van der Waals surface area contributed by atoms with Gasteiger partial charge in [-0.05, 0) is 32.1 Å². The number of amides is 1. The van der Waals surface area contributed by atoms with E-state index in [0.29, 0.717) is 5.69 Å². The molecular formula is C15H22N2O2. The van der Waals surface area contributed by atoms with E-state index in [1.165, 1.54) is 19.3 Å². The highest BCUT2D eigenvalue weighted by molar-refractivity contribution is 5.93. The molecule has 2 aliphatic rings. The van der Waals surface area contributed by atoms with Gasteiger partial charge >= 0.3 is 0 Å². The van der Waals surface area contributed by atoms with Crippen LogP contribution in [0.2, 0.25) is 0 Å². The molecule has 0 bridgehead atoms. The molecule has 104 valence electrons. The van der Waals surface area contributed by atoms with Crippen molar-refractivity contribution in [3.05, 3.63) is 17.0 Å². The summed E-state index contributed by atoms with van der Waals surface area (Å²) in [6.07, 6.45) is 10.1. The predicted octanol–water partition coefficient (Wildman–Crippen LogP) is 2.96. The van der Waals surface area contributed by atoms with Crippen LogP contribution in [-0.4, -0.2) is 29.1 Å². The highest BCUT2D eigenvalue weighted by Crippen LogP contribution is 2.25. The van der Waals surface area contributed by atoms with E-state index in [9.17, 15) is 4.79 Å². The summed E-state index contributed by atoms with van der Waals surface area (Å²) in [4.78, 5) is 14.6. The fraction of sp³-hybridized carbons (Fsp3) is 0.733. The van der Waals surface area contributed by atoms with Gasteiger partial charge in [0.2, 0.25) is 0 Å². The van der Waals surface area contributed by atoms with Gasteiger partial charge in [0.25, 0.3) is 5.91 Å². The van der Waals surface area contributed by atoms with Crippen LogP contribution in [0, 0.1) is 0 Å². The minimum atomic E-state index is 0.0915. The topological polar surface area (TPSA) is 46.3 Å². The van der Waals surface area contributed by atoms with Crippen molar-refractivity contribution in [3.8, 4) is 0 Å². The Labute approximate surface area is 114 Å². The number of fused-ring (bicyclic) bond motifs is 1. The number of hydrogen-bond acceptors (Lipinski definition) is 3. The Morgan fingerprint density at radius 1 is 0.947 bits per heavy atom. The lowest BCUT2D eigenvalue weighted by Gasteiger charge is -2.19. The van der Waals surface area contributed by atoms with E-state index < -0.39 is 0 Å². The van der Waals surface area contributed by atoms with Gasteiger partial charge in [-0.15, -0.1) is 0 Å². The summed E-state index contributed by atoms with van der Waals surface area (Å²) in [6, 6.07) is 0. The molecule has 1 aromatic heterocycles. The van der Waals surface area contributed by atoms with Crippen LogP contribution in [0.3, 0.4) is 0 Å². The third-order valence-electron chi connectivity index (χ3n) is 4.30. The second kappa shape index (κ2) is 5.76. The van der Waals surface area contributed by atoms with Crippen LogP contribution < -0.4 is 0 Å². The standard InChI is InChI=1S/C15H22N2O2/c18-15(17-10-6-1-2-7-11-17)14-12-8-4-3-5-9-13(12)19-16-14/h1-11H2. The molecule has 0 atom stereocenters. The molecule has 3 rings (SSSR count). The highest BCUT2D eigenvalue weighted by Gasteiger charge is 2.26. The average molecular weight is 262 g/mol. The fourth-order valence-corrected chi connectivity index (χ4v) is 3.15. The van der Waals surface area contributed by atoms with Gasteiger partial charge < -0.3 is 9.42 Å². The molecule has 1 amide bonds. The Morgan fingerprint density at radius 3 is 2.42 bits per heavy atom. The van der Waals surface area contributed by atoms with Crippen LogP contribution in [0.25, 0.3) is 0 Å². The molecule has 4 nitrogen and oxygen atoms in total. The third-order valence-corrected chi connectivity index (χ3v) is 4.30. The van der Waals surface area contributed by atoms with Crippen molar-refractivity contribution >= 4 is 5.91 Å². The van der Waals surface area contributed by atoms with E-state index in [2.05, 4.69) is 5.16 Å². The third kappa shape index (κ3) is 2.67. The molecule has 0 N–H and O–H groups in total. The average Bonchev–Trinajstić information content (AvgIpc) is 2.67. The van der Waals surface area contributed by atoms with Crippen molar-refractivity contribution in [1.29, 1.82) is 0 Å². The van der Waals surface area contributed by atoms with E-state index in [0.717, 1.165) is 62.9 Å². The second-order valence-electron chi connectivity index (χ2n) is 5.70. The van der Waals surface area contributed by atoms with Crippen molar-refractivity contribution in [2.24, 2.45) is 0 Å². The number of aryl methyl sites for hydroxylation is 1. The van der Waals surface area contributed by atoms with Crippen molar-refractivity contribution < 1.29 is 9.32 Å². The zero-order valence-corrected chi connectivity index (χ0v) is 11.5. The summed E-state index contributed by atoms with van der Waals surface area (Å²) in [5.74, 6) is 1.05. The van der Waals surface area contributed by atoms with E-state index in [1.807, 2.05) is 4.90 Å².